The molecule has 2 aromatic rings. The van der Waals surface area contributed by atoms with Crippen molar-refractivity contribution in [1.29, 1.82) is 5.41 Å². The first kappa shape index (κ1) is 24.1. The molecule has 3 N–H and O–H groups in total. The molecule has 0 spiro atoms. The summed E-state index contributed by atoms with van der Waals surface area (Å²) in [6, 6.07) is 11.8. The van der Waals surface area contributed by atoms with Crippen molar-refractivity contribution >= 4 is 23.7 Å². The Morgan fingerprint density at radius 1 is 1.14 bits per heavy atom. The van der Waals surface area contributed by atoms with Crippen LogP contribution >= 0.6 is 0 Å². The zero-order valence-electron chi connectivity index (χ0n) is 20.5. The highest BCUT2D eigenvalue weighted by atomic mass is 16.5. The number of nitrogens with zero attached hydrogens (tertiary/aromatic N) is 2. The number of hydrogen-bond donors (Lipinski definition) is 3. The van der Waals surface area contributed by atoms with Gasteiger partial charge in [-0.15, -0.1) is 0 Å². The van der Waals surface area contributed by atoms with E-state index >= 15 is 0 Å². The van der Waals surface area contributed by atoms with Gasteiger partial charge in [-0.05, 0) is 42.7 Å². The molecule has 3 heterocycles. The highest BCUT2D eigenvalue weighted by Gasteiger charge is 2.48. The lowest BCUT2D eigenvalue weighted by Crippen LogP contribution is -2.54. The second-order valence-corrected chi connectivity index (χ2v) is 9.41. The third kappa shape index (κ3) is 4.66. The summed E-state index contributed by atoms with van der Waals surface area (Å²) in [5, 5.41) is 13.4. The second-order valence-electron chi connectivity index (χ2n) is 9.41. The first-order valence-corrected chi connectivity index (χ1v) is 12.0. The van der Waals surface area contributed by atoms with Crippen LogP contribution in [0.1, 0.15) is 39.9 Å². The Kier molecular flexibility index (Phi) is 6.17. The van der Waals surface area contributed by atoms with Crippen molar-refractivity contribution in [3.05, 3.63) is 76.9 Å². The van der Waals surface area contributed by atoms with Gasteiger partial charge in [-0.3, -0.25) is 20.3 Å². The molecule has 37 heavy (non-hydrogen) atoms. The Balaban J connectivity index is 1.35. The molecule has 0 radical (unpaired) electrons. The molecular weight excluding hydrogens is 470 g/mol. The third-order valence-corrected chi connectivity index (χ3v) is 6.93. The first-order valence-electron chi connectivity index (χ1n) is 12.0. The maximum absolute atomic E-state index is 13.1. The number of likely N-dealkylation sites (tertiary alicyclic amines) is 1. The minimum absolute atomic E-state index is 0.101. The average molecular weight is 498 g/mol. The number of nitrogens with one attached hydrogen (secondary N) is 3. The number of carbonyl (C=O) groups is 3. The van der Waals surface area contributed by atoms with Crippen LogP contribution in [0.4, 0.5) is 4.79 Å². The van der Waals surface area contributed by atoms with E-state index in [1.165, 1.54) is 17.6 Å². The van der Waals surface area contributed by atoms with Crippen LogP contribution in [-0.2, 0) is 11.3 Å². The van der Waals surface area contributed by atoms with Gasteiger partial charge in [0.15, 0.2) is 0 Å². The SMILES string of the molecule is C=C1CCN(C(=N)c2ccc(C#C[C@]3(CN4Cc5ccc(OC)cc5C4=O)NC(=O)NC3=O)cc2)CC1. The van der Waals surface area contributed by atoms with Gasteiger partial charge in [0.05, 0.1) is 13.7 Å². The summed E-state index contributed by atoms with van der Waals surface area (Å²) in [5.74, 6) is 6.06. The maximum Gasteiger partial charge on any atom is 0.323 e. The van der Waals surface area contributed by atoms with Crippen LogP contribution in [0.3, 0.4) is 0 Å². The summed E-state index contributed by atoms with van der Waals surface area (Å²) in [5.41, 5.74) is 2.34. The lowest BCUT2D eigenvalue weighted by atomic mass is 9.98. The largest absolute Gasteiger partial charge is 0.497 e. The van der Waals surface area contributed by atoms with Crippen molar-refractivity contribution in [2.45, 2.75) is 24.9 Å². The molecule has 188 valence electrons. The number of urea groups is 1. The number of hydrogen-bond acceptors (Lipinski definition) is 5. The minimum Gasteiger partial charge on any atom is -0.497 e. The number of piperidine rings is 1. The second kappa shape index (κ2) is 9.47. The Hall–Kier alpha value is -4.58. The van der Waals surface area contributed by atoms with E-state index in [-0.39, 0.29) is 12.5 Å². The van der Waals surface area contributed by atoms with Crippen LogP contribution in [0.5, 0.6) is 5.75 Å². The van der Waals surface area contributed by atoms with Gasteiger partial charge in [-0.2, -0.15) is 0 Å². The van der Waals surface area contributed by atoms with Crippen molar-refractivity contribution in [3.63, 3.8) is 0 Å². The predicted octanol–water partition coefficient (Wildman–Crippen LogP) is 2.26. The van der Waals surface area contributed by atoms with Gasteiger partial charge >= 0.3 is 6.03 Å². The predicted molar refractivity (Wildman–Crippen MR) is 137 cm³/mol. The number of rotatable bonds is 4. The summed E-state index contributed by atoms with van der Waals surface area (Å²) in [6.45, 7) is 5.78. The molecule has 2 saturated heterocycles. The summed E-state index contributed by atoms with van der Waals surface area (Å²) in [6.07, 6.45) is 1.78. The van der Waals surface area contributed by atoms with Crippen LogP contribution < -0.4 is 15.4 Å². The van der Waals surface area contributed by atoms with Crippen molar-refractivity contribution in [2.75, 3.05) is 26.7 Å². The van der Waals surface area contributed by atoms with Crippen molar-refractivity contribution in [1.82, 2.24) is 20.4 Å². The molecule has 5 rings (SSSR count). The fourth-order valence-corrected chi connectivity index (χ4v) is 4.73. The fraction of sp³-hybridized carbons (Fsp3) is 0.286. The Labute approximate surface area is 215 Å². The molecule has 0 aromatic heterocycles. The molecule has 0 bridgehead atoms. The van der Waals surface area contributed by atoms with E-state index in [1.54, 1.807) is 24.3 Å². The third-order valence-electron chi connectivity index (χ3n) is 6.93. The molecule has 0 unspecified atom stereocenters. The standard InChI is InChI=1S/C28H27N5O4/c1-18-10-13-32(14-11-18)24(29)20-5-3-19(4-6-20)9-12-28(26(35)30-27(36)31-28)17-33-16-21-7-8-22(37-2)15-23(21)25(33)34/h3-8,15,29H,1,10-11,13-14,16-17H2,2H3,(H2,30,31,35,36)/t28-/m1/s1. The Bertz CT molecular complexity index is 1380. The van der Waals surface area contributed by atoms with Gasteiger partial charge in [0, 0.05) is 36.3 Å². The maximum atomic E-state index is 13.1. The van der Waals surface area contributed by atoms with E-state index in [2.05, 4.69) is 29.1 Å². The first-order chi connectivity index (χ1) is 17.8. The summed E-state index contributed by atoms with van der Waals surface area (Å²) in [4.78, 5) is 41.5. The fourth-order valence-electron chi connectivity index (χ4n) is 4.73. The van der Waals surface area contributed by atoms with Crippen LogP contribution in [0.2, 0.25) is 0 Å². The smallest absolute Gasteiger partial charge is 0.323 e. The van der Waals surface area contributed by atoms with E-state index in [1.807, 2.05) is 23.1 Å². The zero-order chi connectivity index (χ0) is 26.2. The summed E-state index contributed by atoms with van der Waals surface area (Å²) >= 11 is 0. The lowest BCUT2D eigenvalue weighted by molar-refractivity contribution is -0.122. The Morgan fingerprint density at radius 2 is 1.86 bits per heavy atom. The van der Waals surface area contributed by atoms with E-state index in [4.69, 9.17) is 10.1 Å². The molecule has 9 nitrogen and oxygen atoms in total. The molecule has 9 heteroatoms. The molecule has 1 atom stereocenters. The Morgan fingerprint density at radius 3 is 2.51 bits per heavy atom. The van der Waals surface area contributed by atoms with Crippen molar-refractivity contribution in [2.24, 2.45) is 0 Å². The number of methoxy groups -OCH3 is 1. The lowest BCUT2D eigenvalue weighted by Gasteiger charge is -2.30. The number of ether oxygens (including phenoxy) is 1. The molecule has 3 aliphatic rings. The molecular formula is C28H27N5O4. The molecule has 3 aliphatic heterocycles. The summed E-state index contributed by atoms with van der Waals surface area (Å²) in [7, 11) is 1.53. The highest BCUT2D eigenvalue weighted by molar-refractivity contribution is 6.10. The molecule has 0 saturated carbocycles. The van der Waals surface area contributed by atoms with Gasteiger partial charge in [0.1, 0.15) is 11.6 Å². The minimum atomic E-state index is -1.58. The number of carbonyl (C=O) groups excluding carboxylic acids is 3. The monoisotopic (exact) mass is 497 g/mol. The van der Waals surface area contributed by atoms with Crippen LogP contribution in [0.15, 0.2) is 54.6 Å². The normalized spacial score (nSPS) is 20.7. The number of amidine groups is 1. The van der Waals surface area contributed by atoms with E-state index in [0.29, 0.717) is 29.3 Å². The average Bonchev–Trinajstić information content (AvgIpc) is 3.36. The van der Waals surface area contributed by atoms with Crippen LogP contribution in [0, 0.1) is 17.3 Å². The highest BCUT2D eigenvalue weighted by Crippen LogP contribution is 2.28. The van der Waals surface area contributed by atoms with Gasteiger partial charge in [-0.25, -0.2) is 4.79 Å². The van der Waals surface area contributed by atoms with E-state index < -0.39 is 17.5 Å². The number of imide groups is 1. The molecule has 2 aromatic carbocycles. The van der Waals surface area contributed by atoms with Gasteiger partial charge in [0.2, 0.25) is 5.54 Å². The van der Waals surface area contributed by atoms with E-state index in [0.717, 1.165) is 37.1 Å². The van der Waals surface area contributed by atoms with Crippen molar-refractivity contribution < 1.29 is 19.1 Å². The number of amides is 4. The van der Waals surface area contributed by atoms with Gasteiger partial charge < -0.3 is 19.9 Å². The number of fused-ring (bicyclic) bond motifs is 1. The van der Waals surface area contributed by atoms with E-state index in [9.17, 15) is 14.4 Å². The topological polar surface area (TPSA) is 115 Å². The van der Waals surface area contributed by atoms with Gasteiger partial charge in [0.25, 0.3) is 11.8 Å². The number of benzene rings is 2. The summed E-state index contributed by atoms with van der Waals surface area (Å²) < 4.78 is 5.22. The van der Waals surface area contributed by atoms with Crippen LogP contribution in [-0.4, -0.2) is 65.8 Å². The van der Waals surface area contributed by atoms with Crippen molar-refractivity contribution in [3.8, 4) is 17.6 Å². The molecule has 4 amide bonds. The zero-order valence-corrected chi connectivity index (χ0v) is 20.5. The van der Waals surface area contributed by atoms with Crippen LogP contribution in [0.25, 0.3) is 0 Å². The molecule has 2 fully saturated rings. The quantitative estimate of drug-likeness (QED) is 0.197. The molecule has 0 aliphatic carbocycles. The van der Waals surface area contributed by atoms with Gasteiger partial charge in [-0.1, -0.05) is 42.2 Å².